The summed E-state index contributed by atoms with van der Waals surface area (Å²) in [6.45, 7) is 12.3. The van der Waals surface area contributed by atoms with Crippen molar-refractivity contribution in [2.45, 2.75) is 85.1 Å². The number of nitrogens with zero attached hydrogens (tertiary/aromatic N) is 2. The number of rotatable bonds is 4. The van der Waals surface area contributed by atoms with E-state index in [0.717, 1.165) is 39.4 Å². The number of aryl methyl sites for hydroxylation is 2. The zero-order valence-corrected chi connectivity index (χ0v) is 28.9. The van der Waals surface area contributed by atoms with Crippen LogP contribution in [0.5, 0.6) is 0 Å². The number of para-hydroxylation sites is 1. The maximum absolute atomic E-state index is 10.8. The summed E-state index contributed by atoms with van der Waals surface area (Å²) >= 11 is 0. The van der Waals surface area contributed by atoms with E-state index in [-0.39, 0.29) is 31.3 Å². The Labute approximate surface area is 274 Å². The van der Waals surface area contributed by atoms with Gasteiger partial charge >= 0.3 is 0 Å². The Kier molecular flexibility index (Phi) is 9.30. The van der Waals surface area contributed by atoms with E-state index < -0.39 is 0 Å². The molecule has 2 aliphatic carbocycles. The van der Waals surface area contributed by atoms with Crippen molar-refractivity contribution in [3.8, 4) is 22.6 Å². The van der Waals surface area contributed by atoms with Gasteiger partial charge in [0.15, 0.2) is 5.78 Å². The van der Waals surface area contributed by atoms with Gasteiger partial charge in [-0.2, -0.15) is 5.70 Å². The Balaban J connectivity index is 0.000000234. The average molecular weight is 761 g/mol. The molecule has 7 rings (SSSR count). The number of pyridine rings is 1. The minimum atomic E-state index is -0.191. The Bertz CT molecular complexity index is 1870. The summed E-state index contributed by atoms with van der Waals surface area (Å²) in [5, 5.41) is 6.91. The van der Waals surface area contributed by atoms with E-state index in [0.29, 0.717) is 6.04 Å². The van der Waals surface area contributed by atoms with Crippen molar-refractivity contribution >= 4 is 27.7 Å². The second kappa shape index (κ2) is 12.8. The van der Waals surface area contributed by atoms with Crippen LogP contribution in [0.25, 0.3) is 49.8 Å². The number of carbonyl (C=O) groups excluding carboxylic acids is 1. The third kappa shape index (κ3) is 6.05. The van der Waals surface area contributed by atoms with E-state index >= 15 is 0 Å². The van der Waals surface area contributed by atoms with Crippen LogP contribution < -0.4 is 0 Å². The molecule has 0 unspecified atom stereocenters. The molecule has 2 aromatic heterocycles. The first kappa shape index (κ1) is 31.9. The predicted octanol–water partition coefficient (Wildman–Crippen LogP) is 10.6. The minimum absolute atomic E-state index is 0. The van der Waals surface area contributed by atoms with Crippen LogP contribution in [0.3, 0.4) is 0 Å². The predicted molar refractivity (Wildman–Crippen MR) is 177 cm³/mol. The first-order valence-electron chi connectivity index (χ1n) is 15.5. The summed E-state index contributed by atoms with van der Waals surface area (Å²) in [6.07, 6.45) is 7.95. The third-order valence-electron chi connectivity index (χ3n) is 8.87. The van der Waals surface area contributed by atoms with Gasteiger partial charge in [0.1, 0.15) is 11.3 Å². The number of carbonyl (C=O) groups is 1. The maximum Gasteiger partial charge on any atom is 0.151 e. The number of aromatic nitrogens is 1. The van der Waals surface area contributed by atoms with Gasteiger partial charge in [-0.25, -0.2) is 0 Å². The largest absolute Gasteiger partial charge is 0.685 e. The average Bonchev–Trinajstić information content (AvgIpc) is 3.47. The van der Waals surface area contributed by atoms with Gasteiger partial charge in [0, 0.05) is 36.4 Å². The van der Waals surface area contributed by atoms with Crippen LogP contribution in [0.4, 0.5) is 0 Å². The fourth-order valence-electron chi connectivity index (χ4n) is 7.08. The first-order valence-corrected chi connectivity index (χ1v) is 15.5. The molecular weight excluding hydrogens is 721 g/mol. The van der Waals surface area contributed by atoms with Crippen LogP contribution in [-0.4, -0.2) is 16.8 Å². The van der Waals surface area contributed by atoms with Gasteiger partial charge < -0.3 is 9.73 Å². The molecule has 4 nitrogen and oxygen atoms in total. The molecule has 44 heavy (non-hydrogen) atoms. The molecule has 5 heteroatoms. The number of hydrogen-bond donors (Lipinski definition) is 0. The molecule has 5 aromatic rings. The smallest absolute Gasteiger partial charge is 0.151 e. The van der Waals surface area contributed by atoms with E-state index in [2.05, 4.69) is 87.6 Å². The zero-order chi connectivity index (χ0) is 30.3. The Hall–Kier alpha value is -3.53. The zero-order valence-electron chi connectivity index (χ0n) is 26.5. The van der Waals surface area contributed by atoms with Crippen LogP contribution in [0.1, 0.15) is 82.1 Å². The number of fused-ring (bicyclic) bond motifs is 6. The van der Waals surface area contributed by atoms with E-state index in [1.165, 1.54) is 65.1 Å². The number of ketones is 1. The van der Waals surface area contributed by atoms with Crippen LogP contribution in [0, 0.1) is 19.9 Å². The summed E-state index contributed by atoms with van der Waals surface area (Å²) in [6, 6.07) is 25.1. The van der Waals surface area contributed by atoms with Crippen molar-refractivity contribution < 1.29 is 29.3 Å². The van der Waals surface area contributed by atoms with Gasteiger partial charge in [0.2, 0.25) is 0 Å². The van der Waals surface area contributed by atoms with Gasteiger partial charge in [-0.05, 0) is 61.2 Å². The molecule has 3 aromatic carbocycles. The van der Waals surface area contributed by atoms with Crippen molar-refractivity contribution in [3.05, 3.63) is 106 Å². The quantitative estimate of drug-likeness (QED) is 0.135. The van der Waals surface area contributed by atoms with E-state index in [9.17, 15) is 4.79 Å². The van der Waals surface area contributed by atoms with Crippen molar-refractivity contribution in [3.63, 3.8) is 0 Å². The third-order valence-corrected chi connectivity index (χ3v) is 8.87. The molecule has 0 bridgehead atoms. The molecule has 0 saturated heterocycles. The molecule has 0 atom stereocenters. The van der Waals surface area contributed by atoms with Gasteiger partial charge in [-0.1, -0.05) is 94.8 Å². The minimum Gasteiger partial charge on any atom is -0.685 e. The fourth-order valence-corrected chi connectivity index (χ4v) is 7.08. The van der Waals surface area contributed by atoms with Crippen LogP contribution in [0.2, 0.25) is 0 Å². The molecular formula is C39H40IrN2O2-2. The van der Waals surface area contributed by atoms with Crippen LogP contribution >= 0.6 is 0 Å². The Morgan fingerprint density at radius 1 is 0.977 bits per heavy atom. The van der Waals surface area contributed by atoms with E-state index in [4.69, 9.17) is 9.40 Å². The molecule has 0 aliphatic heterocycles. The number of furan rings is 1. The normalized spacial score (nSPS) is 15.6. The topological polar surface area (TPSA) is 57.2 Å². The van der Waals surface area contributed by atoms with Gasteiger partial charge in [0.05, 0.1) is 5.52 Å². The van der Waals surface area contributed by atoms with Gasteiger partial charge in [-0.15, -0.1) is 35.4 Å². The van der Waals surface area contributed by atoms with E-state index in [1.54, 1.807) is 13.0 Å². The van der Waals surface area contributed by atoms with Crippen molar-refractivity contribution in [1.82, 2.24) is 4.98 Å². The summed E-state index contributed by atoms with van der Waals surface area (Å²) in [4.78, 5) is 15.8. The summed E-state index contributed by atoms with van der Waals surface area (Å²) in [5.41, 5.74) is 10.9. The first-order chi connectivity index (χ1) is 20.6. The van der Waals surface area contributed by atoms with Crippen LogP contribution in [-0.2, 0) is 30.3 Å². The molecule has 1 fully saturated rings. The summed E-state index contributed by atoms with van der Waals surface area (Å²) < 4.78 is 6.33. The Morgan fingerprint density at radius 2 is 1.73 bits per heavy atom. The monoisotopic (exact) mass is 761 g/mol. The molecule has 0 amide bonds. The molecule has 0 spiro atoms. The molecule has 1 radical (unpaired) electrons. The number of hydrogen-bond acceptors (Lipinski definition) is 3. The summed E-state index contributed by atoms with van der Waals surface area (Å²) in [5.74, 6) is 1.08. The summed E-state index contributed by atoms with van der Waals surface area (Å²) in [7, 11) is 0. The number of benzene rings is 3. The standard InChI is InChI=1S/C28H22NO.C11H19NO.Ir/c1-16-14-17(2)18-12-13-22(29-23(18)15-16)19-9-7-10-21-25(19)28(3,4)26-20-8-5-6-11-24(20)30-27(21)26;1-9(8-10(2)13)12-11-6-4-3-5-7-11;/h5-8,10-15H,1-4H3;8,11H,3-7H2,1-2H3,(H,12,13);/q-1;;/p-1. The SMILES string of the molecule is CC(=O)/C=C(/C)[N-]C1CCCCC1.Cc1cc(C)c2ccc(-c3[c-]ccc4c3C(C)(C)c3c-4oc4ccccc34)nc2c1.[Ir]. The Morgan fingerprint density at radius 3 is 2.48 bits per heavy atom. The molecule has 2 aliphatic rings. The van der Waals surface area contributed by atoms with Crippen LogP contribution in [0.15, 0.2) is 76.9 Å². The second-order valence-corrected chi connectivity index (χ2v) is 12.7. The van der Waals surface area contributed by atoms with Crippen molar-refractivity contribution in [2.24, 2.45) is 0 Å². The van der Waals surface area contributed by atoms with Gasteiger partial charge in [0.25, 0.3) is 0 Å². The fraction of sp³-hybridized carbons (Fsp3) is 0.333. The molecule has 229 valence electrons. The van der Waals surface area contributed by atoms with E-state index in [1.807, 2.05) is 19.1 Å². The van der Waals surface area contributed by atoms with Crippen molar-refractivity contribution in [2.75, 3.05) is 0 Å². The molecule has 2 heterocycles. The maximum atomic E-state index is 10.8. The van der Waals surface area contributed by atoms with Crippen molar-refractivity contribution in [1.29, 1.82) is 0 Å². The number of allylic oxidation sites excluding steroid dienone is 2. The second-order valence-electron chi connectivity index (χ2n) is 12.7. The molecule has 1 saturated carbocycles. The molecule has 0 N–H and O–H groups in total. The van der Waals surface area contributed by atoms with Gasteiger partial charge in [-0.3, -0.25) is 9.78 Å².